The Labute approximate surface area is 143 Å². The number of hydrogen-bond acceptors (Lipinski definition) is 3. The average molecular weight is 371 g/mol. The molecule has 0 radical (unpaired) electrons. The van der Waals surface area contributed by atoms with Gasteiger partial charge in [0.25, 0.3) is 0 Å². The Morgan fingerprint density at radius 2 is 1.61 bits per heavy atom. The normalized spacial score (nSPS) is 11.9. The predicted molar refractivity (Wildman–Crippen MR) is 93.8 cm³/mol. The fourth-order valence-corrected chi connectivity index (χ4v) is 2.59. The molecule has 3 nitrogen and oxygen atoms in total. The summed E-state index contributed by atoms with van der Waals surface area (Å²) in [5, 5.41) is 2.09. The van der Waals surface area contributed by atoms with Crippen LogP contribution in [0.4, 0.5) is 0 Å². The highest BCUT2D eigenvalue weighted by molar-refractivity contribution is 9.10. The van der Waals surface area contributed by atoms with Crippen LogP contribution >= 0.6 is 15.9 Å². The van der Waals surface area contributed by atoms with Gasteiger partial charge >= 0.3 is 5.97 Å². The van der Waals surface area contributed by atoms with Crippen LogP contribution < -0.4 is 9.47 Å². The van der Waals surface area contributed by atoms with Crippen molar-refractivity contribution < 1.29 is 14.3 Å². The number of rotatable bonds is 4. The van der Waals surface area contributed by atoms with E-state index < -0.39 is 12.1 Å². The zero-order chi connectivity index (χ0) is 16.2. The highest BCUT2D eigenvalue weighted by Crippen LogP contribution is 2.24. The van der Waals surface area contributed by atoms with Crippen LogP contribution in [0.2, 0.25) is 0 Å². The van der Waals surface area contributed by atoms with Gasteiger partial charge in [-0.15, -0.1) is 0 Å². The van der Waals surface area contributed by atoms with Crippen molar-refractivity contribution in [3.05, 3.63) is 71.2 Å². The van der Waals surface area contributed by atoms with Crippen molar-refractivity contribution >= 4 is 32.7 Å². The van der Waals surface area contributed by atoms with Gasteiger partial charge in [0.05, 0.1) is 0 Å². The summed E-state index contributed by atoms with van der Waals surface area (Å²) in [5.41, 5.74) is 0. The van der Waals surface area contributed by atoms with Gasteiger partial charge in [0, 0.05) is 4.47 Å². The molecule has 23 heavy (non-hydrogen) atoms. The quantitative estimate of drug-likeness (QED) is 0.480. The van der Waals surface area contributed by atoms with Crippen molar-refractivity contribution in [3.8, 4) is 11.5 Å². The molecule has 0 spiro atoms. The highest BCUT2D eigenvalue weighted by Gasteiger charge is 2.17. The first-order valence-electron chi connectivity index (χ1n) is 7.24. The maximum absolute atomic E-state index is 12.2. The first kappa shape index (κ1) is 15.6. The van der Waals surface area contributed by atoms with E-state index in [1.54, 1.807) is 25.1 Å². The van der Waals surface area contributed by atoms with Crippen molar-refractivity contribution in [1.29, 1.82) is 0 Å². The topological polar surface area (TPSA) is 35.5 Å². The summed E-state index contributed by atoms with van der Waals surface area (Å²) in [4.78, 5) is 12.2. The molecule has 0 aliphatic carbocycles. The molecular weight excluding hydrogens is 356 g/mol. The first-order chi connectivity index (χ1) is 11.1. The maximum atomic E-state index is 12.2. The second-order valence-corrected chi connectivity index (χ2v) is 6.06. The molecule has 0 saturated carbocycles. The molecule has 0 heterocycles. The Bertz CT molecular complexity index is 830. The van der Waals surface area contributed by atoms with E-state index >= 15 is 0 Å². The lowest BCUT2D eigenvalue weighted by Gasteiger charge is -2.14. The van der Waals surface area contributed by atoms with Crippen molar-refractivity contribution in [2.45, 2.75) is 13.0 Å². The summed E-state index contributed by atoms with van der Waals surface area (Å²) in [6, 6.07) is 20.7. The largest absolute Gasteiger partial charge is 0.479 e. The van der Waals surface area contributed by atoms with E-state index in [4.69, 9.17) is 9.47 Å². The molecular formula is C19H15BrO3. The van der Waals surface area contributed by atoms with Crippen LogP contribution in [0.25, 0.3) is 10.8 Å². The van der Waals surface area contributed by atoms with E-state index in [0.717, 1.165) is 15.2 Å². The minimum Gasteiger partial charge on any atom is -0.479 e. The lowest BCUT2D eigenvalue weighted by atomic mass is 10.1. The lowest BCUT2D eigenvalue weighted by Crippen LogP contribution is -2.28. The number of carbonyl (C=O) groups excluding carboxylic acids is 1. The predicted octanol–water partition coefficient (Wildman–Crippen LogP) is 4.98. The van der Waals surface area contributed by atoms with E-state index in [0.29, 0.717) is 11.5 Å². The van der Waals surface area contributed by atoms with E-state index in [2.05, 4.69) is 15.9 Å². The molecule has 0 aliphatic rings. The van der Waals surface area contributed by atoms with E-state index in [9.17, 15) is 4.79 Å². The van der Waals surface area contributed by atoms with E-state index in [-0.39, 0.29) is 0 Å². The number of fused-ring (bicyclic) bond motifs is 1. The summed E-state index contributed by atoms with van der Waals surface area (Å²) in [6.45, 7) is 1.67. The third kappa shape index (κ3) is 3.90. The number of benzene rings is 3. The van der Waals surface area contributed by atoms with Crippen LogP contribution in [-0.4, -0.2) is 12.1 Å². The summed E-state index contributed by atoms with van der Waals surface area (Å²) in [7, 11) is 0. The van der Waals surface area contributed by atoms with Crippen molar-refractivity contribution in [1.82, 2.24) is 0 Å². The number of para-hydroxylation sites is 1. The second kappa shape index (κ2) is 6.84. The third-order valence-corrected chi connectivity index (χ3v) is 3.87. The Morgan fingerprint density at radius 3 is 2.39 bits per heavy atom. The molecule has 0 saturated heterocycles. The molecule has 116 valence electrons. The van der Waals surface area contributed by atoms with Crippen LogP contribution in [0.5, 0.6) is 11.5 Å². The van der Waals surface area contributed by atoms with Crippen LogP contribution in [0, 0.1) is 0 Å². The standard InChI is InChI=1S/C19H15BrO3/c1-13(22-17-5-3-2-4-6-17)19(21)23-18-10-8-14-11-16(20)9-7-15(14)12-18/h2-13H,1H3/t13-/m1/s1. The van der Waals surface area contributed by atoms with Crippen LogP contribution in [-0.2, 0) is 4.79 Å². The lowest BCUT2D eigenvalue weighted by molar-refractivity contribution is -0.141. The summed E-state index contributed by atoms with van der Waals surface area (Å²) < 4.78 is 12.0. The SMILES string of the molecule is C[C@@H](Oc1ccccc1)C(=O)Oc1ccc2cc(Br)ccc2c1. The number of ether oxygens (including phenoxy) is 2. The molecule has 0 fully saturated rings. The molecule has 0 N–H and O–H groups in total. The molecule has 0 aliphatic heterocycles. The average Bonchev–Trinajstić information content (AvgIpc) is 2.56. The molecule has 0 aromatic heterocycles. The fraction of sp³-hybridized carbons (Fsp3) is 0.105. The van der Waals surface area contributed by atoms with Gasteiger partial charge in [-0.3, -0.25) is 0 Å². The maximum Gasteiger partial charge on any atom is 0.352 e. The van der Waals surface area contributed by atoms with Crippen LogP contribution in [0.3, 0.4) is 0 Å². The number of hydrogen-bond donors (Lipinski definition) is 0. The van der Waals surface area contributed by atoms with Gasteiger partial charge in [0.1, 0.15) is 11.5 Å². The summed E-state index contributed by atoms with van der Waals surface area (Å²) in [6.07, 6.45) is -0.682. The van der Waals surface area contributed by atoms with Gasteiger partial charge in [-0.25, -0.2) is 4.79 Å². The summed E-state index contributed by atoms with van der Waals surface area (Å²) >= 11 is 3.44. The van der Waals surface area contributed by atoms with Gasteiger partial charge in [-0.2, -0.15) is 0 Å². The summed E-state index contributed by atoms with van der Waals surface area (Å²) in [5.74, 6) is 0.721. The Kier molecular flexibility index (Phi) is 4.63. The number of carbonyl (C=O) groups is 1. The molecule has 0 amide bonds. The fourth-order valence-electron chi connectivity index (χ4n) is 2.21. The minimum atomic E-state index is -0.682. The van der Waals surface area contributed by atoms with E-state index in [1.165, 1.54) is 0 Å². The Morgan fingerprint density at radius 1 is 0.913 bits per heavy atom. The zero-order valence-electron chi connectivity index (χ0n) is 12.5. The second-order valence-electron chi connectivity index (χ2n) is 5.15. The van der Waals surface area contributed by atoms with Crippen LogP contribution in [0.15, 0.2) is 71.2 Å². The van der Waals surface area contributed by atoms with Gasteiger partial charge in [0.2, 0.25) is 0 Å². The van der Waals surface area contributed by atoms with Gasteiger partial charge < -0.3 is 9.47 Å². The number of esters is 1. The monoisotopic (exact) mass is 370 g/mol. The molecule has 0 bridgehead atoms. The Hall–Kier alpha value is -2.33. The minimum absolute atomic E-state index is 0.426. The van der Waals surface area contributed by atoms with Gasteiger partial charge in [0.15, 0.2) is 6.10 Å². The number of halogens is 1. The molecule has 3 aromatic carbocycles. The highest BCUT2D eigenvalue weighted by atomic mass is 79.9. The molecule has 0 unspecified atom stereocenters. The Balaban J connectivity index is 1.70. The third-order valence-electron chi connectivity index (χ3n) is 3.38. The molecule has 3 rings (SSSR count). The smallest absolute Gasteiger partial charge is 0.352 e. The van der Waals surface area contributed by atoms with Gasteiger partial charge in [-0.05, 0) is 54.1 Å². The van der Waals surface area contributed by atoms with Crippen molar-refractivity contribution in [2.75, 3.05) is 0 Å². The molecule has 1 atom stereocenters. The first-order valence-corrected chi connectivity index (χ1v) is 8.04. The zero-order valence-corrected chi connectivity index (χ0v) is 14.1. The van der Waals surface area contributed by atoms with Crippen LogP contribution in [0.1, 0.15) is 6.92 Å². The van der Waals surface area contributed by atoms with Crippen molar-refractivity contribution in [3.63, 3.8) is 0 Å². The molecule has 4 heteroatoms. The van der Waals surface area contributed by atoms with E-state index in [1.807, 2.05) is 48.5 Å². The van der Waals surface area contributed by atoms with Gasteiger partial charge in [-0.1, -0.05) is 46.3 Å². The molecule has 3 aromatic rings. The van der Waals surface area contributed by atoms with Crippen molar-refractivity contribution in [2.24, 2.45) is 0 Å².